The fourth-order valence-corrected chi connectivity index (χ4v) is 1.74. The number of nitrogens with one attached hydrogen (secondary N) is 1. The van der Waals surface area contributed by atoms with E-state index in [1.54, 1.807) is 31.2 Å². The van der Waals surface area contributed by atoms with Gasteiger partial charge in [0.2, 0.25) is 0 Å². The van der Waals surface area contributed by atoms with Crippen molar-refractivity contribution in [1.82, 2.24) is 5.48 Å². The summed E-state index contributed by atoms with van der Waals surface area (Å²) in [7, 11) is 0. The summed E-state index contributed by atoms with van der Waals surface area (Å²) in [5.41, 5.74) is 3.35. The lowest BCUT2D eigenvalue weighted by atomic mass is 10.2. The number of hydrogen-bond acceptors (Lipinski definition) is 3. The first-order valence-electron chi connectivity index (χ1n) is 6.53. The Balaban J connectivity index is 1.76. The summed E-state index contributed by atoms with van der Waals surface area (Å²) in [6.07, 6.45) is -0.665. The van der Waals surface area contributed by atoms with Gasteiger partial charge in [-0.3, -0.25) is 9.63 Å². The van der Waals surface area contributed by atoms with Crippen molar-refractivity contribution in [2.75, 3.05) is 0 Å². The number of halogens is 1. The van der Waals surface area contributed by atoms with Gasteiger partial charge in [-0.25, -0.2) is 5.48 Å². The van der Waals surface area contributed by atoms with Crippen LogP contribution in [-0.4, -0.2) is 12.0 Å². The summed E-state index contributed by atoms with van der Waals surface area (Å²) in [6.45, 7) is 1.95. The first-order chi connectivity index (χ1) is 10.1. The highest BCUT2D eigenvalue weighted by Gasteiger charge is 2.14. The van der Waals surface area contributed by atoms with Crippen LogP contribution in [0, 0.1) is 0 Å². The van der Waals surface area contributed by atoms with Crippen molar-refractivity contribution in [1.29, 1.82) is 0 Å². The second kappa shape index (κ2) is 7.67. The van der Waals surface area contributed by atoms with E-state index >= 15 is 0 Å². The average Bonchev–Trinajstić information content (AvgIpc) is 2.50. The van der Waals surface area contributed by atoms with E-state index in [2.05, 4.69) is 5.48 Å². The number of benzene rings is 2. The number of hydrogen-bond donors (Lipinski definition) is 1. The second-order valence-corrected chi connectivity index (χ2v) is 4.89. The van der Waals surface area contributed by atoms with E-state index in [0.29, 0.717) is 17.4 Å². The highest BCUT2D eigenvalue weighted by atomic mass is 35.5. The number of hydroxylamine groups is 1. The fourth-order valence-electron chi connectivity index (χ4n) is 1.62. The molecule has 0 bridgehead atoms. The van der Waals surface area contributed by atoms with Gasteiger partial charge in [0, 0.05) is 5.02 Å². The van der Waals surface area contributed by atoms with Gasteiger partial charge in [-0.05, 0) is 36.8 Å². The molecule has 0 aliphatic heterocycles. The molecule has 0 fully saturated rings. The summed E-state index contributed by atoms with van der Waals surface area (Å²) < 4.78 is 5.48. The molecule has 2 rings (SSSR count). The van der Waals surface area contributed by atoms with Gasteiger partial charge >= 0.3 is 0 Å². The Kier molecular flexibility index (Phi) is 5.60. The molecule has 5 heteroatoms. The SMILES string of the molecule is C[C@H](Oc1ccc(Cl)cc1)C(=O)NOCc1ccccc1. The van der Waals surface area contributed by atoms with Crippen molar-refractivity contribution in [3.05, 3.63) is 65.2 Å². The summed E-state index contributed by atoms with van der Waals surface area (Å²) >= 11 is 5.78. The van der Waals surface area contributed by atoms with Crippen LogP contribution in [0.1, 0.15) is 12.5 Å². The van der Waals surface area contributed by atoms with Crippen LogP contribution in [-0.2, 0) is 16.2 Å². The van der Waals surface area contributed by atoms with Crippen molar-refractivity contribution >= 4 is 17.5 Å². The molecule has 110 valence electrons. The molecule has 1 atom stereocenters. The van der Waals surface area contributed by atoms with Crippen molar-refractivity contribution < 1.29 is 14.4 Å². The monoisotopic (exact) mass is 305 g/mol. The molecule has 0 aliphatic rings. The van der Waals surface area contributed by atoms with Crippen molar-refractivity contribution in [3.8, 4) is 5.75 Å². The van der Waals surface area contributed by atoms with Crippen LogP contribution in [0.25, 0.3) is 0 Å². The van der Waals surface area contributed by atoms with E-state index in [0.717, 1.165) is 5.56 Å². The summed E-state index contributed by atoms with van der Waals surface area (Å²) in [4.78, 5) is 17.0. The molecule has 4 nitrogen and oxygen atoms in total. The molecular weight excluding hydrogens is 290 g/mol. The zero-order chi connectivity index (χ0) is 15.1. The minimum absolute atomic E-state index is 0.306. The average molecular weight is 306 g/mol. The topological polar surface area (TPSA) is 47.6 Å². The zero-order valence-electron chi connectivity index (χ0n) is 11.6. The first kappa shape index (κ1) is 15.4. The van der Waals surface area contributed by atoms with Gasteiger partial charge in [0.25, 0.3) is 5.91 Å². The van der Waals surface area contributed by atoms with Gasteiger partial charge in [0.05, 0.1) is 6.61 Å². The largest absolute Gasteiger partial charge is 0.481 e. The zero-order valence-corrected chi connectivity index (χ0v) is 12.3. The van der Waals surface area contributed by atoms with E-state index < -0.39 is 6.10 Å². The van der Waals surface area contributed by atoms with Crippen LogP contribution in [0.2, 0.25) is 5.02 Å². The predicted molar refractivity (Wildman–Crippen MR) is 80.9 cm³/mol. The Morgan fingerprint density at radius 2 is 1.81 bits per heavy atom. The van der Waals surface area contributed by atoms with Crippen LogP contribution in [0.5, 0.6) is 5.75 Å². The lowest BCUT2D eigenvalue weighted by Crippen LogP contribution is -2.36. The van der Waals surface area contributed by atoms with E-state index in [1.807, 2.05) is 30.3 Å². The molecule has 0 aromatic heterocycles. The Morgan fingerprint density at radius 1 is 1.14 bits per heavy atom. The Morgan fingerprint density at radius 3 is 2.48 bits per heavy atom. The minimum Gasteiger partial charge on any atom is -0.481 e. The van der Waals surface area contributed by atoms with E-state index in [4.69, 9.17) is 21.2 Å². The Labute approximate surface area is 128 Å². The molecule has 1 amide bonds. The van der Waals surface area contributed by atoms with E-state index in [1.165, 1.54) is 0 Å². The van der Waals surface area contributed by atoms with Gasteiger partial charge in [0.1, 0.15) is 5.75 Å². The predicted octanol–water partition coefficient (Wildman–Crippen LogP) is 3.36. The molecule has 0 spiro atoms. The number of ether oxygens (including phenoxy) is 1. The number of carbonyl (C=O) groups is 1. The molecule has 1 N–H and O–H groups in total. The van der Waals surface area contributed by atoms with Crippen LogP contribution < -0.4 is 10.2 Å². The Bertz CT molecular complexity index is 572. The maximum Gasteiger partial charge on any atom is 0.284 e. The highest BCUT2D eigenvalue weighted by Crippen LogP contribution is 2.16. The highest BCUT2D eigenvalue weighted by molar-refractivity contribution is 6.30. The second-order valence-electron chi connectivity index (χ2n) is 4.45. The molecule has 0 heterocycles. The summed E-state index contributed by atoms with van der Waals surface area (Å²) in [6, 6.07) is 16.4. The normalized spacial score (nSPS) is 11.7. The van der Waals surface area contributed by atoms with Gasteiger partial charge < -0.3 is 4.74 Å². The number of amides is 1. The van der Waals surface area contributed by atoms with Crippen LogP contribution in [0.3, 0.4) is 0 Å². The van der Waals surface area contributed by atoms with E-state index in [9.17, 15) is 4.79 Å². The molecule has 21 heavy (non-hydrogen) atoms. The van der Waals surface area contributed by atoms with Gasteiger partial charge in [-0.15, -0.1) is 0 Å². The third-order valence-corrected chi connectivity index (χ3v) is 3.00. The Hall–Kier alpha value is -2.04. The van der Waals surface area contributed by atoms with Crippen molar-refractivity contribution in [2.45, 2.75) is 19.6 Å². The van der Waals surface area contributed by atoms with Crippen LogP contribution in [0.15, 0.2) is 54.6 Å². The minimum atomic E-state index is -0.665. The molecule has 2 aromatic rings. The number of rotatable bonds is 6. The van der Waals surface area contributed by atoms with Gasteiger partial charge in [-0.1, -0.05) is 41.9 Å². The molecule has 2 aromatic carbocycles. The third-order valence-electron chi connectivity index (χ3n) is 2.75. The van der Waals surface area contributed by atoms with Gasteiger partial charge in [0.15, 0.2) is 6.10 Å². The lowest BCUT2D eigenvalue weighted by molar-refractivity contribution is -0.141. The molecule has 0 radical (unpaired) electrons. The quantitative estimate of drug-likeness (QED) is 0.833. The van der Waals surface area contributed by atoms with E-state index in [-0.39, 0.29) is 5.91 Å². The molecule has 0 unspecified atom stereocenters. The molecular formula is C16H16ClNO3. The lowest BCUT2D eigenvalue weighted by Gasteiger charge is -2.14. The van der Waals surface area contributed by atoms with Crippen LogP contribution >= 0.6 is 11.6 Å². The molecule has 0 saturated carbocycles. The molecule has 0 aliphatic carbocycles. The number of carbonyl (C=O) groups excluding carboxylic acids is 1. The van der Waals surface area contributed by atoms with Gasteiger partial charge in [-0.2, -0.15) is 0 Å². The first-order valence-corrected chi connectivity index (χ1v) is 6.91. The van der Waals surface area contributed by atoms with Crippen molar-refractivity contribution in [2.24, 2.45) is 0 Å². The summed E-state index contributed by atoms with van der Waals surface area (Å²) in [5, 5.41) is 0.616. The van der Waals surface area contributed by atoms with Crippen LogP contribution in [0.4, 0.5) is 0 Å². The van der Waals surface area contributed by atoms with Crippen molar-refractivity contribution in [3.63, 3.8) is 0 Å². The smallest absolute Gasteiger partial charge is 0.284 e. The fraction of sp³-hybridized carbons (Fsp3) is 0.188. The third kappa shape index (κ3) is 5.10. The maximum absolute atomic E-state index is 11.8. The molecule has 0 saturated heterocycles. The summed E-state index contributed by atoms with van der Waals surface area (Å²) in [5.74, 6) is 0.228. The standard InChI is InChI=1S/C16H16ClNO3/c1-12(21-15-9-7-14(17)8-10-15)16(19)18-20-11-13-5-3-2-4-6-13/h2-10,12H,11H2,1H3,(H,18,19)/t12-/m0/s1. The maximum atomic E-state index is 11.8.